The number of hydrogen-bond acceptors (Lipinski definition) is 3. The number of amides is 1. The minimum absolute atomic E-state index is 0.0155. The van der Waals surface area contributed by atoms with Gasteiger partial charge in [-0.25, -0.2) is 8.78 Å². The molecule has 1 unspecified atom stereocenters. The summed E-state index contributed by atoms with van der Waals surface area (Å²) in [4.78, 5) is 25.1. The lowest BCUT2D eigenvalue weighted by molar-refractivity contribution is -0.143. The molecule has 1 aromatic rings. The van der Waals surface area contributed by atoms with E-state index in [0.29, 0.717) is 11.6 Å². The van der Waals surface area contributed by atoms with Crippen molar-refractivity contribution >= 4 is 11.9 Å². The maximum Gasteiger partial charge on any atom is 0.303 e. The zero-order valence-corrected chi connectivity index (χ0v) is 15.0. The molecule has 0 spiro atoms. The lowest BCUT2D eigenvalue weighted by atomic mass is 9.93. The second kappa shape index (κ2) is 7.32. The Morgan fingerprint density at radius 3 is 2.62 bits per heavy atom. The molecule has 1 amide bonds. The van der Waals surface area contributed by atoms with E-state index in [1.54, 1.807) is 13.1 Å². The fourth-order valence-corrected chi connectivity index (χ4v) is 4.06. The summed E-state index contributed by atoms with van der Waals surface area (Å²) in [7, 11) is 1.70. The molecule has 1 saturated heterocycles. The number of alkyl halides is 2. The van der Waals surface area contributed by atoms with Gasteiger partial charge in [0.15, 0.2) is 0 Å². The Morgan fingerprint density at radius 2 is 1.96 bits per heavy atom. The third-order valence-electron chi connectivity index (χ3n) is 5.66. The number of carbonyl (C=O) groups is 2. The van der Waals surface area contributed by atoms with Crippen molar-refractivity contribution in [1.29, 1.82) is 0 Å². The first-order valence-corrected chi connectivity index (χ1v) is 9.21. The number of aryl methyl sites for hydroxylation is 1. The van der Waals surface area contributed by atoms with Crippen molar-refractivity contribution in [3.63, 3.8) is 0 Å². The number of halogens is 2. The molecule has 8 heteroatoms. The summed E-state index contributed by atoms with van der Waals surface area (Å²) >= 11 is 0. The van der Waals surface area contributed by atoms with Gasteiger partial charge in [0, 0.05) is 38.4 Å². The Balaban J connectivity index is 1.73. The van der Waals surface area contributed by atoms with E-state index in [9.17, 15) is 18.4 Å². The van der Waals surface area contributed by atoms with Crippen molar-refractivity contribution in [2.24, 2.45) is 13.0 Å². The topological polar surface area (TPSA) is 75.4 Å². The van der Waals surface area contributed by atoms with E-state index in [1.165, 1.54) is 9.58 Å². The molecule has 1 atom stereocenters. The van der Waals surface area contributed by atoms with E-state index in [2.05, 4.69) is 5.10 Å². The molecule has 26 heavy (non-hydrogen) atoms. The van der Waals surface area contributed by atoms with Gasteiger partial charge in [-0.15, -0.1) is 0 Å². The van der Waals surface area contributed by atoms with Crippen LogP contribution in [0.4, 0.5) is 8.78 Å². The third-order valence-corrected chi connectivity index (χ3v) is 5.66. The number of rotatable bonds is 4. The van der Waals surface area contributed by atoms with Gasteiger partial charge in [0.2, 0.25) is 0 Å². The van der Waals surface area contributed by atoms with Gasteiger partial charge in [0.05, 0.1) is 12.1 Å². The molecule has 2 fully saturated rings. The molecule has 6 nitrogen and oxygen atoms in total. The quantitative estimate of drug-likeness (QED) is 0.885. The summed E-state index contributed by atoms with van der Waals surface area (Å²) in [5.74, 6) is -5.48. The van der Waals surface area contributed by atoms with Crippen LogP contribution in [0.2, 0.25) is 0 Å². The summed E-state index contributed by atoms with van der Waals surface area (Å²) in [6.07, 6.45) is 3.36. The fourth-order valence-electron chi connectivity index (χ4n) is 4.06. The summed E-state index contributed by atoms with van der Waals surface area (Å²) in [5, 5.41) is 13.3. The largest absolute Gasteiger partial charge is 0.481 e. The Kier molecular flexibility index (Phi) is 5.29. The SMILES string of the molecule is Cn1nc(C2CCCC2)cc1C(=O)N1CCC(CC(=O)O)C(F)(F)CC1. The second-order valence-corrected chi connectivity index (χ2v) is 7.45. The summed E-state index contributed by atoms with van der Waals surface area (Å²) in [5.41, 5.74) is 1.31. The molecule has 2 heterocycles. The number of carbonyl (C=O) groups excluding carboxylic acids is 1. The van der Waals surface area contributed by atoms with E-state index in [-0.39, 0.29) is 25.4 Å². The highest BCUT2D eigenvalue weighted by Crippen LogP contribution is 2.37. The third kappa shape index (κ3) is 3.88. The Bertz CT molecular complexity index is 683. The average molecular weight is 369 g/mol. The molecule has 1 N–H and O–H groups in total. The lowest BCUT2D eigenvalue weighted by Gasteiger charge is -2.22. The van der Waals surface area contributed by atoms with Gasteiger partial charge in [0.25, 0.3) is 11.8 Å². The fraction of sp³-hybridized carbons (Fsp3) is 0.722. The minimum Gasteiger partial charge on any atom is -0.481 e. The second-order valence-electron chi connectivity index (χ2n) is 7.45. The average Bonchev–Trinajstić information content (AvgIpc) is 3.19. The standard InChI is InChI=1S/C18H25F2N3O3/c1-22-15(11-14(21-22)12-4-2-3-5-12)17(26)23-8-6-13(10-16(24)25)18(19,20)7-9-23/h11-13H,2-10H2,1H3,(H,24,25). The molecule has 3 rings (SSSR count). The molecule has 0 aromatic carbocycles. The Labute approximate surface area is 151 Å². The van der Waals surface area contributed by atoms with E-state index in [4.69, 9.17) is 5.11 Å². The summed E-state index contributed by atoms with van der Waals surface area (Å²) < 4.78 is 29.9. The highest BCUT2D eigenvalue weighted by Gasteiger charge is 2.43. The van der Waals surface area contributed by atoms with Crippen LogP contribution >= 0.6 is 0 Å². The molecule has 1 saturated carbocycles. The van der Waals surface area contributed by atoms with Crippen molar-refractivity contribution in [3.8, 4) is 0 Å². The first kappa shape index (κ1) is 18.8. The molecule has 0 radical (unpaired) electrons. The lowest BCUT2D eigenvalue weighted by Crippen LogP contribution is -2.34. The molecule has 0 bridgehead atoms. The van der Waals surface area contributed by atoms with E-state index < -0.39 is 30.7 Å². The van der Waals surface area contributed by atoms with Crippen LogP contribution < -0.4 is 0 Å². The number of hydrogen-bond donors (Lipinski definition) is 1. The van der Waals surface area contributed by atoms with Crippen LogP contribution in [0, 0.1) is 5.92 Å². The van der Waals surface area contributed by atoms with Gasteiger partial charge in [-0.3, -0.25) is 14.3 Å². The number of carboxylic acid groups (broad SMARTS) is 1. The van der Waals surface area contributed by atoms with Crippen molar-refractivity contribution in [2.45, 2.75) is 56.8 Å². The van der Waals surface area contributed by atoms with Crippen LogP contribution in [0.5, 0.6) is 0 Å². The minimum atomic E-state index is -3.07. The normalized spacial score (nSPS) is 23.8. The smallest absolute Gasteiger partial charge is 0.303 e. The number of aromatic nitrogens is 2. The highest BCUT2D eigenvalue weighted by molar-refractivity contribution is 5.92. The van der Waals surface area contributed by atoms with Crippen molar-refractivity contribution in [3.05, 3.63) is 17.5 Å². The van der Waals surface area contributed by atoms with Crippen LogP contribution in [0.25, 0.3) is 0 Å². The van der Waals surface area contributed by atoms with Crippen molar-refractivity contribution in [1.82, 2.24) is 14.7 Å². The summed E-state index contributed by atoms with van der Waals surface area (Å²) in [6.45, 7) is 0.0577. The van der Waals surface area contributed by atoms with E-state index in [1.807, 2.05) is 0 Å². The molecular formula is C18H25F2N3O3. The number of carboxylic acids is 1. The van der Waals surface area contributed by atoms with Crippen molar-refractivity contribution in [2.75, 3.05) is 13.1 Å². The van der Waals surface area contributed by atoms with Crippen LogP contribution in [0.1, 0.15) is 67.0 Å². The van der Waals surface area contributed by atoms with Crippen LogP contribution in [-0.4, -0.2) is 50.7 Å². The number of likely N-dealkylation sites (tertiary alicyclic amines) is 1. The van der Waals surface area contributed by atoms with Crippen molar-refractivity contribution < 1.29 is 23.5 Å². The van der Waals surface area contributed by atoms with Gasteiger partial charge < -0.3 is 10.0 Å². The summed E-state index contributed by atoms with van der Waals surface area (Å²) in [6, 6.07) is 1.79. The zero-order chi connectivity index (χ0) is 18.9. The van der Waals surface area contributed by atoms with Gasteiger partial charge in [-0.2, -0.15) is 5.10 Å². The number of nitrogens with zero attached hydrogens (tertiary/aromatic N) is 3. The van der Waals surface area contributed by atoms with Crippen LogP contribution in [-0.2, 0) is 11.8 Å². The molecule has 144 valence electrons. The first-order chi connectivity index (χ1) is 12.3. The zero-order valence-electron chi connectivity index (χ0n) is 15.0. The van der Waals surface area contributed by atoms with Crippen LogP contribution in [0.3, 0.4) is 0 Å². The molecule has 1 aromatic heterocycles. The molecule has 2 aliphatic rings. The first-order valence-electron chi connectivity index (χ1n) is 9.21. The molecule has 1 aliphatic heterocycles. The maximum absolute atomic E-state index is 14.2. The Morgan fingerprint density at radius 1 is 1.27 bits per heavy atom. The maximum atomic E-state index is 14.2. The van der Waals surface area contributed by atoms with Gasteiger partial charge in [-0.1, -0.05) is 12.8 Å². The molecule has 1 aliphatic carbocycles. The van der Waals surface area contributed by atoms with Gasteiger partial charge >= 0.3 is 5.97 Å². The Hall–Kier alpha value is -1.99. The molecular weight excluding hydrogens is 344 g/mol. The van der Waals surface area contributed by atoms with E-state index in [0.717, 1.165) is 31.4 Å². The van der Waals surface area contributed by atoms with Crippen LogP contribution in [0.15, 0.2) is 6.07 Å². The van der Waals surface area contributed by atoms with Gasteiger partial charge in [0.1, 0.15) is 5.69 Å². The monoisotopic (exact) mass is 369 g/mol. The van der Waals surface area contributed by atoms with Gasteiger partial charge in [-0.05, 0) is 25.3 Å². The highest BCUT2D eigenvalue weighted by atomic mass is 19.3. The predicted octanol–water partition coefficient (Wildman–Crippen LogP) is 3.04. The predicted molar refractivity (Wildman–Crippen MR) is 90.2 cm³/mol. The number of aliphatic carboxylic acids is 1. The van der Waals surface area contributed by atoms with E-state index >= 15 is 0 Å².